The largest absolute Gasteiger partial charge is 0.492 e. The molecule has 1 saturated carbocycles. The molecule has 0 aromatic heterocycles. The van der Waals surface area contributed by atoms with Gasteiger partial charge in [0, 0.05) is 6.61 Å². The average Bonchev–Trinajstić information content (AvgIpc) is 2.95. The van der Waals surface area contributed by atoms with Crippen molar-refractivity contribution in [1.82, 2.24) is 0 Å². The third-order valence-electron chi connectivity index (χ3n) is 2.59. The summed E-state index contributed by atoms with van der Waals surface area (Å²) in [7, 11) is 0. The number of benzene rings is 1. The van der Waals surface area contributed by atoms with E-state index < -0.39 is 0 Å². The molecule has 2 rings (SSSR count). The Morgan fingerprint density at radius 2 is 2.14 bits per heavy atom. The zero-order chi connectivity index (χ0) is 9.97. The van der Waals surface area contributed by atoms with Crippen molar-refractivity contribution in [2.45, 2.75) is 6.42 Å². The molecule has 0 aliphatic heterocycles. The Morgan fingerprint density at radius 3 is 2.79 bits per heavy atom. The van der Waals surface area contributed by atoms with E-state index in [2.05, 4.69) is 15.9 Å². The fourth-order valence-corrected chi connectivity index (χ4v) is 1.90. The molecule has 1 aromatic carbocycles. The molecule has 2 unspecified atom stereocenters. The number of para-hydroxylation sites is 1. The molecule has 2 nitrogen and oxygen atoms in total. The van der Waals surface area contributed by atoms with Crippen LogP contribution in [0.5, 0.6) is 5.75 Å². The Balaban J connectivity index is 1.84. The van der Waals surface area contributed by atoms with Crippen molar-refractivity contribution in [3.63, 3.8) is 0 Å². The lowest BCUT2D eigenvalue weighted by atomic mass is 10.3. The number of ether oxygens (including phenoxy) is 1. The quantitative estimate of drug-likeness (QED) is 0.897. The van der Waals surface area contributed by atoms with Crippen molar-refractivity contribution in [2.75, 3.05) is 13.2 Å². The highest BCUT2D eigenvalue weighted by molar-refractivity contribution is 9.10. The maximum atomic E-state index is 8.86. The first-order valence-corrected chi connectivity index (χ1v) is 5.58. The van der Waals surface area contributed by atoms with Crippen LogP contribution in [0.1, 0.15) is 6.42 Å². The lowest BCUT2D eigenvalue weighted by Crippen LogP contribution is -2.02. The highest BCUT2D eigenvalue weighted by Gasteiger charge is 2.36. The smallest absolute Gasteiger partial charge is 0.133 e. The first kappa shape index (κ1) is 9.99. The topological polar surface area (TPSA) is 29.5 Å². The van der Waals surface area contributed by atoms with Crippen LogP contribution in [0.3, 0.4) is 0 Å². The van der Waals surface area contributed by atoms with E-state index in [-0.39, 0.29) is 0 Å². The monoisotopic (exact) mass is 256 g/mol. The number of hydrogen-bond acceptors (Lipinski definition) is 2. The Kier molecular flexibility index (Phi) is 3.08. The normalized spacial score (nSPS) is 24.7. The molecule has 1 aliphatic rings. The number of aliphatic hydroxyl groups is 1. The first-order chi connectivity index (χ1) is 6.81. The Bertz CT molecular complexity index is 314. The number of aliphatic hydroxyl groups excluding tert-OH is 1. The second-order valence-corrected chi connectivity index (χ2v) is 4.53. The number of hydrogen-bond donors (Lipinski definition) is 1. The summed E-state index contributed by atoms with van der Waals surface area (Å²) in [6, 6.07) is 7.83. The Hall–Kier alpha value is -0.540. The van der Waals surface area contributed by atoms with E-state index in [1.807, 2.05) is 24.3 Å². The van der Waals surface area contributed by atoms with Crippen LogP contribution in [0, 0.1) is 11.8 Å². The summed E-state index contributed by atoms with van der Waals surface area (Å²) in [5, 5.41) is 8.86. The SMILES string of the molecule is OCC1CC1COc1ccccc1Br. The van der Waals surface area contributed by atoms with Crippen molar-refractivity contribution >= 4 is 15.9 Å². The lowest BCUT2D eigenvalue weighted by Gasteiger charge is -2.06. The lowest BCUT2D eigenvalue weighted by molar-refractivity contribution is 0.242. The molecule has 0 spiro atoms. The van der Waals surface area contributed by atoms with Gasteiger partial charge in [-0.3, -0.25) is 0 Å². The third-order valence-corrected chi connectivity index (χ3v) is 3.25. The van der Waals surface area contributed by atoms with Gasteiger partial charge in [-0.15, -0.1) is 0 Å². The standard InChI is InChI=1S/C11H13BrO2/c12-10-3-1-2-4-11(10)14-7-9-5-8(9)6-13/h1-4,8-9,13H,5-7H2. The van der Waals surface area contributed by atoms with Crippen molar-refractivity contribution in [3.8, 4) is 5.75 Å². The van der Waals surface area contributed by atoms with Gasteiger partial charge >= 0.3 is 0 Å². The fourth-order valence-electron chi connectivity index (χ4n) is 1.50. The van der Waals surface area contributed by atoms with E-state index in [1.165, 1.54) is 0 Å². The summed E-state index contributed by atoms with van der Waals surface area (Å²) >= 11 is 3.42. The van der Waals surface area contributed by atoms with Gasteiger partial charge in [0.05, 0.1) is 11.1 Å². The van der Waals surface area contributed by atoms with Crippen LogP contribution in [-0.4, -0.2) is 18.3 Å². The molecule has 0 heterocycles. The van der Waals surface area contributed by atoms with E-state index in [0.29, 0.717) is 25.0 Å². The van der Waals surface area contributed by atoms with Gasteiger partial charge in [-0.1, -0.05) is 12.1 Å². The molecule has 3 heteroatoms. The van der Waals surface area contributed by atoms with Crippen LogP contribution in [0.25, 0.3) is 0 Å². The second kappa shape index (κ2) is 4.32. The highest BCUT2D eigenvalue weighted by atomic mass is 79.9. The van der Waals surface area contributed by atoms with Crippen LogP contribution >= 0.6 is 15.9 Å². The van der Waals surface area contributed by atoms with Gasteiger partial charge in [0.1, 0.15) is 5.75 Å². The summed E-state index contributed by atoms with van der Waals surface area (Å²) in [6.07, 6.45) is 1.10. The van der Waals surface area contributed by atoms with Crippen LogP contribution in [0.2, 0.25) is 0 Å². The molecular formula is C11H13BrO2. The summed E-state index contributed by atoms with van der Waals surface area (Å²) in [5.74, 6) is 1.90. The van der Waals surface area contributed by atoms with Gasteiger partial charge in [0.2, 0.25) is 0 Å². The van der Waals surface area contributed by atoms with E-state index >= 15 is 0 Å². The number of rotatable bonds is 4. The first-order valence-electron chi connectivity index (χ1n) is 4.79. The molecule has 0 bridgehead atoms. The minimum Gasteiger partial charge on any atom is -0.492 e. The summed E-state index contributed by atoms with van der Waals surface area (Å²) in [4.78, 5) is 0. The van der Waals surface area contributed by atoms with Crippen LogP contribution in [0.15, 0.2) is 28.7 Å². The summed E-state index contributed by atoms with van der Waals surface area (Å²) < 4.78 is 6.62. The van der Waals surface area contributed by atoms with Crippen molar-refractivity contribution in [1.29, 1.82) is 0 Å². The van der Waals surface area contributed by atoms with Gasteiger partial charge in [0.15, 0.2) is 0 Å². The zero-order valence-electron chi connectivity index (χ0n) is 7.82. The van der Waals surface area contributed by atoms with Gasteiger partial charge in [-0.05, 0) is 46.3 Å². The minimum atomic E-state index is 0.296. The molecule has 1 aromatic rings. The molecule has 0 saturated heterocycles. The second-order valence-electron chi connectivity index (χ2n) is 3.68. The van der Waals surface area contributed by atoms with E-state index in [4.69, 9.17) is 9.84 Å². The molecule has 0 amide bonds. The molecule has 0 radical (unpaired) electrons. The van der Waals surface area contributed by atoms with Crippen LogP contribution in [0.4, 0.5) is 0 Å². The van der Waals surface area contributed by atoms with Gasteiger partial charge in [-0.25, -0.2) is 0 Å². The predicted octanol–water partition coefficient (Wildman–Crippen LogP) is 2.46. The Morgan fingerprint density at radius 1 is 1.36 bits per heavy atom. The van der Waals surface area contributed by atoms with E-state index in [1.54, 1.807) is 0 Å². The fraction of sp³-hybridized carbons (Fsp3) is 0.455. The molecule has 14 heavy (non-hydrogen) atoms. The minimum absolute atomic E-state index is 0.296. The summed E-state index contributed by atoms with van der Waals surface area (Å²) in [5.41, 5.74) is 0. The maximum Gasteiger partial charge on any atom is 0.133 e. The van der Waals surface area contributed by atoms with Crippen LogP contribution < -0.4 is 4.74 Å². The van der Waals surface area contributed by atoms with Crippen molar-refractivity contribution in [2.24, 2.45) is 11.8 Å². The van der Waals surface area contributed by atoms with Crippen molar-refractivity contribution < 1.29 is 9.84 Å². The molecule has 1 fully saturated rings. The molecule has 76 valence electrons. The van der Waals surface area contributed by atoms with Crippen molar-refractivity contribution in [3.05, 3.63) is 28.7 Å². The Labute approximate surface area is 92.0 Å². The number of halogens is 1. The third kappa shape index (κ3) is 2.28. The predicted molar refractivity (Wildman–Crippen MR) is 58.3 cm³/mol. The average molecular weight is 257 g/mol. The maximum absolute atomic E-state index is 8.86. The highest BCUT2D eigenvalue weighted by Crippen LogP contribution is 2.38. The van der Waals surface area contributed by atoms with Crippen LogP contribution in [-0.2, 0) is 0 Å². The zero-order valence-corrected chi connectivity index (χ0v) is 9.40. The molecule has 1 aliphatic carbocycles. The van der Waals surface area contributed by atoms with E-state index in [9.17, 15) is 0 Å². The molecular weight excluding hydrogens is 244 g/mol. The van der Waals surface area contributed by atoms with Gasteiger partial charge in [-0.2, -0.15) is 0 Å². The van der Waals surface area contributed by atoms with Gasteiger partial charge in [0.25, 0.3) is 0 Å². The molecule has 1 N–H and O–H groups in total. The molecule has 2 atom stereocenters. The summed E-state index contributed by atoms with van der Waals surface area (Å²) in [6.45, 7) is 1.01. The van der Waals surface area contributed by atoms with E-state index in [0.717, 1.165) is 16.6 Å². The van der Waals surface area contributed by atoms with Gasteiger partial charge < -0.3 is 9.84 Å².